The van der Waals surface area contributed by atoms with Crippen LogP contribution in [0.2, 0.25) is 0 Å². The van der Waals surface area contributed by atoms with Gasteiger partial charge in [-0.25, -0.2) is 0 Å². The summed E-state index contributed by atoms with van der Waals surface area (Å²) in [5.41, 5.74) is 1.64. The predicted octanol–water partition coefficient (Wildman–Crippen LogP) is 2.62. The van der Waals surface area contributed by atoms with Crippen molar-refractivity contribution in [1.29, 1.82) is 0 Å². The average Bonchev–Trinajstić information content (AvgIpc) is 3.17. The summed E-state index contributed by atoms with van der Waals surface area (Å²) < 4.78 is 5.47. The van der Waals surface area contributed by atoms with Crippen molar-refractivity contribution in [1.82, 2.24) is 10.2 Å². The number of amides is 1. The minimum Gasteiger partial charge on any atom is -0.379 e. The van der Waals surface area contributed by atoms with E-state index >= 15 is 0 Å². The van der Waals surface area contributed by atoms with Crippen LogP contribution in [0.4, 0.5) is 5.69 Å². The van der Waals surface area contributed by atoms with Crippen LogP contribution in [-0.2, 0) is 4.74 Å². The van der Waals surface area contributed by atoms with Gasteiger partial charge in [-0.05, 0) is 23.6 Å². The third-order valence-electron chi connectivity index (χ3n) is 4.44. The van der Waals surface area contributed by atoms with Gasteiger partial charge in [0, 0.05) is 44.3 Å². The van der Waals surface area contributed by atoms with Crippen LogP contribution in [0, 0.1) is 0 Å². The molecule has 1 N–H and O–H groups in total. The van der Waals surface area contributed by atoms with E-state index in [0.29, 0.717) is 12.1 Å². The molecule has 0 radical (unpaired) electrons. The Kier molecular flexibility index (Phi) is 6.07. The van der Waals surface area contributed by atoms with E-state index in [-0.39, 0.29) is 11.9 Å². The number of carbonyl (C=O) groups is 1. The number of para-hydroxylation sites is 1. The quantitative estimate of drug-likeness (QED) is 0.861. The first-order valence-electron chi connectivity index (χ1n) is 8.56. The van der Waals surface area contributed by atoms with Crippen LogP contribution in [0.1, 0.15) is 21.3 Å². The first-order valence-corrected chi connectivity index (χ1v) is 9.44. The molecule has 1 aliphatic rings. The van der Waals surface area contributed by atoms with E-state index in [2.05, 4.69) is 27.7 Å². The second kappa shape index (κ2) is 8.47. The molecule has 3 rings (SSSR count). The molecule has 0 bridgehead atoms. The monoisotopic (exact) mass is 359 g/mol. The highest BCUT2D eigenvalue weighted by molar-refractivity contribution is 7.10. The van der Waals surface area contributed by atoms with Gasteiger partial charge in [-0.15, -0.1) is 11.3 Å². The zero-order valence-electron chi connectivity index (χ0n) is 14.8. The fraction of sp³-hybridized carbons (Fsp3) is 0.421. The number of anilines is 1. The number of thiophene rings is 1. The number of morpholine rings is 1. The molecule has 0 aliphatic carbocycles. The molecule has 0 spiro atoms. The van der Waals surface area contributed by atoms with Crippen molar-refractivity contribution in [3.05, 3.63) is 52.2 Å². The Hall–Kier alpha value is -1.89. The molecule has 134 valence electrons. The highest BCUT2D eigenvalue weighted by Gasteiger charge is 2.24. The van der Waals surface area contributed by atoms with E-state index in [1.165, 1.54) is 4.88 Å². The zero-order valence-corrected chi connectivity index (χ0v) is 15.6. The molecule has 0 saturated carbocycles. The maximum absolute atomic E-state index is 12.7. The number of nitrogens with one attached hydrogen (secondary N) is 1. The summed E-state index contributed by atoms with van der Waals surface area (Å²) in [6.45, 7) is 3.89. The molecule has 6 heteroatoms. The SMILES string of the molecule is CN(C)c1ccccc1C(=O)NCC(c1cccs1)N1CCOCC1. The molecule has 2 aromatic rings. The summed E-state index contributed by atoms with van der Waals surface area (Å²) in [5.74, 6) is -0.0286. The lowest BCUT2D eigenvalue weighted by Gasteiger charge is -2.34. The normalized spacial score (nSPS) is 16.4. The first kappa shape index (κ1) is 17.9. The number of hydrogen-bond acceptors (Lipinski definition) is 5. The van der Waals surface area contributed by atoms with E-state index in [0.717, 1.165) is 32.0 Å². The molecule has 1 aromatic heterocycles. The molecule has 1 amide bonds. The van der Waals surface area contributed by atoms with Gasteiger partial charge < -0.3 is 15.0 Å². The predicted molar refractivity (Wildman–Crippen MR) is 103 cm³/mol. The largest absolute Gasteiger partial charge is 0.379 e. The second-order valence-corrected chi connectivity index (χ2v) is 7.28. The maximum Gasteiger partial charge on any atom is 0.253 e. The molecule has 1 aliphatic heterocycles. The average molecular weight is 359 g/mol. The molecule has 1 atom stereocenters. The second-order valence-electron chi connectivity index (χ2n) is 6.30. The van der Waals surface area contributed by atoms with Crippen LogP contribution in [-0.4, -0.2) is 57.8 Å². The third kappa shape index (κ3) is 4.39. The van der Waals surface area contributed by atoms with Crippen molar-refractivity contribution in [3.8, 4) is 0 Å². The lowest BCUT2D eigenvalue weighted by molar-refractivity contribution is 0.0169. The Morgan fingerprint density at radius 2 is 2.00 bits per heavy atom. The van der Waals surface area contributed by atoms with Crippen molar-refractivity contribution < 1.29 is 9.53 Å². The van der Waals surface area contributed by atoms with Gasteiger partial charge in [0.15, 0.2) is 0 Å². The molecule has 25 heavy (non-hydrogen) atoms. The molecule has 2 heterocycles. The van der Waals surface area contributed by atoms with Crippen molar-refractivity contribution in [3.63, 3.8) is 0 Å². The first-order chi connectivity index (χ1) is 12.2. The summed E-state index contributed by atoms with van der Waals surface area (Å²) in [5, 5.41) is 5.23. The molecule has 1 saturated heterocycles. The summed E-state index contributed by atoms with van der Waals surface area (Å²) in [6.07, 6.45) is 0. The highest BCUT2D eigenvalue weighted by Crippen LogP contribution is 2.26. The minimum absolute atomic E-state index is 0.0286. The summed E-state index contributed by atoms with van der Waals surface area (Å²) >= 11 is 1.74. The van der Waals surface area contributed by atoms with Crippen LogP contribution in [0.25, 0.3) is 0 Å². The summed E-state index contributed by atoms with van der Waals surface area (Å²) in [4.78, 5) is 18.4. The van der Waals surface area contributed by atoms with Crippen molar-refractivity contribution in [2.24, 2.45) is 0 Å². The van der Waals surface area contributed by atoms with Gasteiger partial charge in [-0.1, -0.05) is 18.2 Å². The number of benzene rings is 1. The smallest absolute Gasteiger partial charge is 0.253 e. The summed E-state index contributed by atoms with van der Waals surface area (Å²) in [7, 11) is 3.91. The Bertz CT molecular complexity index is 682. The van der Waals surface area contributed by atoms with E-state index in [1.807, 2.05) is 43.3 Å². The molecule has 1 unspecified atom stereocenters. The number of hydrogen-bond donors (Lipinski definition) is 1. The molecule has 1 aromatic carbocycles. The van der Waals surface area contributed by atoms with Crippen LogP contribution in [0.5, 0.6) is 0 Å². The molecular formula is C19H25N3O2S. The van der Waals surface area contributed by atoms with Gasteiger partial charge in [0.2, 0.25) is 0 Å². The Labute approximate surface area is 153 Å². The van der Waals surface area contributed by atoms with Crippen molar-refractivity contribution in [2.75, 3.05) is 51.8 Å². The number of carbonyl (C=O) groups excluding carboxylic acids is 1. The number of rotatable bonds is 6. The topological polar surface area (TPSA) is 44.8 Å². The maximum atomic E-state index is 12.7. The van der Waals surface area contributed by atoms with E-state index < -0.39 is 0 Å². The van der Waals surface area contributed by atoms with Gasteiger partial charge >= 0.3 is 0 Å². The molecule has 1 fully saturated rings. The van der Waals surface area contributed by atoms with Gasteiger partial charge in [0.1, 0.15) is 0 Å². The molecule has 5 nitrogen and oxygen atoms in total. The van der Waals surface area contributed by atoms with Crippen LogP contribution in [0.3, 0.4) is 0 Å². The lowest BCUT2D eigenvalue weighted by Crippen LogP contribution is -2.43. The van der Waals surface area contributed by atoms with Gasteiger partial charge in [0.25, 0.3) is 5.91 Å². The lowest BCUT2D eigenvalue weighted by atomic mass is 10.1. The van der Waals surface area contributed by atoms with Crippen LogP contribution in [0.15, 0.2) is 41.8 Å². The van der Waals surface area contributed by atoms with Crippen LogP contribution >= 0.6 is 11.3 Å². The van der Waals surface area contributed by atoms with Crippen molar-refractivity contribution >= 4 is 22.9 Å². The standard InChI is InChI=1S/C19H25N3O2S/c1-21(2)16-7-4-3-6-15(16)19(23)20-14-17(18-8-5-13-25-18)22-9-11-24-12-10-22/h3-8,13,17H,9-12,14H2,1-2H3,(H,20,23). The highest BCUT2D eigenvalue weighted by atomic mass is 32.1. The van der Waals surface area contributed by atoms with Crippen LogP contribution < -0.4 is 10.2 Å². The van der Waals surface area contributed by atoms with Gasteiger partial charge in [-0.2, -0.15) is 0 Å². The van der Waals surface area contributed by atoms with E-state index in [1.54, 1.807) is 11.3 Å². The van der Waals surface area contributed by atoms with E-state index in [9.17, 15) is 4.79 Å². The fourth-order valence-corrected chi connectivity index (χ4v) is 3.98. The molecular weight excluding hydrogens is 334 g/mol. The van der Waals surface area contributed by atoms with E-state index in [4.69, 9.17) is 4.74 Å². The Balaban J connectivity index is 1.72. The van der Waals surface area contributed by atoms with Gasteiger partial charge in [-0.3, -0.25) is 9.69 Å². The number of nitrogens with zero attached hydrogens (tertiary/aromatic N) is 2. The fourth-order valence-electron chi connectivity index (χ4n) is 3.12. The zero-order chi connectivity index (χ0) is 17.6. The summed E-state index contributed by atoms with van der Waals surface area (Å²) in [6, 6.07) is 12.1. The van der Waals surface area contributed by atoms with Gasteiger partial charge in [0.05, 0.1) is 24.8 Å². The minimum atomic E-state index is -0.0286. The Morgan fingerprint density at radius 3 is 2.68 bits per heavy atom. The number of ether oxygens (including phenoxy) is 1. The third-order valence-corrected chi connectivity index (χ3v) is 5.42. The van der Waals surface area contributed by atoms with Crippen molar-refractivity contribution in [2.45, 2.75) is 6.04 Å². The Morgan fingerprint density at radius 1 is 1.24 bits per heavy atom.